The second-order valence-corrected chi connectivity index (χ2v) is 5.05. The van der Waals surface area contributed by atoms with Crippen LogP contribution in [0, 0.1) is 6.92 Å². The monoisotopic (exact) mass is 218 g/mol. The SMILES string of the molecule is CNCC1Cc2cc(C)ccc2N1C(C)C. The highest BCUT2D eigenvalue weighted by Gasteiger charge is 2.30. The molecular formula is C14H22N2. The largest absolute Gasteiger partial charge is 0.364 e. The molecule has 1 aromatic rings. The molecule has 1 aliphatic heterocycles. The number of hydrogen-bond acceptors (Lipinski definition) is 2. The van der Waals surface area contributed by atoms with E-state index in [2.05, 4.69) is 49.2 Å². The van der Waals surface area contributed by atoms with E-state index in [-0.39, 0.29) is 0 Å². The summed E-state index contributed by atoms with van der Waals surface area (Å²) in [4.78, 5) is 2.55. The second kappa shape index (κ2) is 4.46. The summed E-state index contributed by atoms with van der Waals surface area (Å²) in [5.41, 5.74) is 4.31. The highest BCUT2D eigenvalue weighted by Crippen LogP contribution is 2.34. The van der Waals surface area contributed by atoms with Crippen molar-refractivity contribution >= 4 is 5.69 Å². The highest BCUT2D eigenvalue weighted by molar-refractivity contribution is 5.61. The van der Waals surface area contributed by atoms with Gasteiger partial charge in [0.05, 0.1) is 0 Å². The van der Waals surface area contributed by atoms with Crippen molar-refractivity contribution in [2.24, 2.45) is 0 Å². The van der Waals surface area contributed by atoms with Crippen LogP contribution >= 0.6 is 0 Å². The molecule has 0 aromatic heterocycles. The Bertz CT molecular complexity index is 371. The number of aryl methyl sites for hydroxylation is 1. The van der Waals surface area contributed by atoms with E-state index in [1.54, 1.807) is 0 Å². The Labute approximate surface area is 98.7 Å². The Morgan fingerprint density at radius 2 is 2.19 bits per heavy atom. The fourth-order valence-corrected chi connectivity index (χ4v) is 2.78. The van der Waals surface area contributed by atoms with Gasteiger partial charge in [-0.3, -0.25) is 0 Å². The van der Waals surface area contributed by atoms with Crippen LogP contribution in [0.25, 0.3) is 0 Å². The molecule has 1 heterocycles. The smallest absolute Gasteiger partial charge is 0.0458 e. The van der Waals surface area contributed by atoms with Crippen molar-refractivity contribution in [3.63, 3.8) is 0 Å². The average Bonchev–Trinajstić information content (AvgIpc) is 2.55. The number of nitrogens with zero attached hydrogens (tertiary/aromatic N) is 1. The minimum absolute atomic E-state index is 0.572. The van der Waals surface area contributed by atoms with Crippen LogP contribution in [0.15, 0.2) is 18.2 Å². The van der Waals surface area contributed by atoms with Gasteiger partial charge in [0.2, 0.25) is 0 Å². The van der Waals surface area contributed by atoms with Crippen molar-refractivity contribution < 1.29 is 0 Å². The van der Waals surface area contributed by atoms with Gasteiger partial charge in [-0.15, -0.1) is 0 Å². The van der Waals surface area contributed by atoms with Gasteiger partial charge in [-0.2, -0.15) is 0 Å². The normalized spacial score (nSPS) is 19.3. The average molecular weight is 218 g/mol. The number of hydrogen-bond donors (Lipinski definition) is 1. The highest BCUT2D eigenvalue weighted by atomic mass is 15.2. The first-order valence-corrected chi connectivity index (χ1v) is 6.16. The molecule has 2 nitrogen and oxygen atoms in total. The lowest BCUT2D eigenvalue weighted by molar-refractivity contribution is 0.544. The molecule has 2 rings (SSSR count). The summed E-state index contributed by atoms with van der Waals surface area (Å²) in [6.07, 6.45) is 1.18. The van der Waals surface area contributed by atoms with Crippen molar-refractivity contribution in [2.45, 2.75) is 39.3 Å². The fraction of sp³-hybridized carbons (Fsp3) is 0.571. The number of anilines is 1. The summed E-state index contributed by atoms with van der Waals surface area (Å²) in [5, 5.41) is 3.30. The van der Waals surface area contributed by atoms with Crippen LogP contribution in [0.1, 0.15) is 25.0 Å². The molecule has 0 saturated heterocycles. The van der Waals surface area contributed by atoms with Crippen LogP contribution in [-0.4, -0.2) is 25.7 Å². The van der Waals surface area contributed by atoms with E-state index >= 15 is 0 Å². The Balaban J connectivity index is 2.33. The van der Waals surface area contributed by atoms with Crippen LogP contribution in [0.5, 0.6) is 0 Å². The van der Waals surface area contributed by atoms with Crippen LogP contribution in [0.2, 0.25) is 0 Å². The quantitative estimate of drug-likeness (QED) is 0.838. The number of rotatable bonds is 3. The van der Waals surface area contributed by atoms with E-state index in [0.717, 1.165) is 6.54 Å². The molecule has 0 spiro atoms. The van der Waals surface area contributed by atoms with Gasteiger partial charge in [0.1, 0.15) is 0 Å². The maximum atomic E-state index is 3.30. The third-order valence-corrected chi connectivity index (χ3v) is 3.36. The third-order valence-electron chi connectivity index (χ3n) is 3.36. The molecule has 16 heavy (non-hydrogen) atoms. The lowest BCUT2D eigenvalue weighted by atomic mass is 10.1. The van der Waals surface area contributed by atoms with Crippen molar-refractivity contribution in [3.8, 4) is 0 Å². The van der Waals surface area contributed by atoms with Gasteiger partial charge in [-0.05, 0) is 45.9 Å². The summed E-state index contributed by atoms with van der Waals surface area (Å²) in [5.74, 6) is 0. The lowest BCUT2D eigenvalue weighted by Gasteiger charge is -2.31. The molecule has 0 amide bonds. The van der Waals surface area contributed by atoms with Gasteiger partial charge in [0.25, 0.3) is 0 Å². The summed E-state index contributed by atoms with van der Waals surface area (Å²) >= 11 is 0. The van der Waals surface area contributed by atoms with Crippen molar-refractivity contribution in [3.05, 3.63) is 29.3 Å². The minimum atomic E-state index is 0.572. The third kappa shape index (κ3) is 1.94. The van der Waals surface area contributed by atoms with Gasteiger partial charge in [0.15, 0.2) is 0 Å². The minimum Gasteiger partial charge on any atom is -0.364 e. The van der Waals surface area contributed by atoms with Gasteiger partial charge < -0.3 is 10.2 Å². The van der Waals surface area contributed by atoms with E-state index in [1.165, 1.54) is 23.2 Å². The lowest BCUT2D eigenvalue weighted by Crippen LogP contribution is -2.43. The molecule has 0 fully saturated rings. The second-order valence-electron chi connectivity index (χ2n) is 5.05. The van der Waals surface area contributed by atoms with Crippen LogP contribution in [0.4, 0.5) is 5.69 Å². The Morgan fingerprint density at radius 1 is 1.44 bits per heavy atom. The van der Waals surface area contributed by atoms with Gasteiger partial charge in [-0.1, -0.05) is 17.7 Å². The van der Waals surface area contributed by atoms with Crippen molar-refractivity contribution in [1.29, 1.82) is 0 Å². The Kier molecular flexibility index (Phi) is 3.20. The van der Waals surface area contributed by atoms with E-state index in [0.29, 0.717) is 12.1 Å². The summed E-state index contributed by atoms with van der Waals surface area (Å²) in [7, 11) is 2.03. The number of fused-ring (bicyclic) bond motifs is 1. The van der Waals surface area contributed by atoms with Crippen LogP contribution in [-0.2, 0) is 6.42 Å². The maximum absolute atomic E-state index is 3.30. The number of likely N-dealkylation sites (N-methyl/N-ethyl adjacent to an activating group) is 1. The zero-order chi connectivity index (χ0) is 11.7. The molecule has 1 aromatic carbocycles. The Hall–Kier alpha value is -1.02. The number of nitrogens with one attached hydrogen (secondary N) is 1. The first-order valence-electron chi connectivity index (χ1n) is 6.16. The predicted octanol–water partition coefficient (Wildman–Crippen LogP) is 2.35. The fourth-order valence-electron chi connectivity index (χ4n) is 2.78. The topological polar surface area (TPSA) is 15.3 Å². The standard InChI is InChI=1S/C14H22N2/c1-10(2)16-13(9-15-4)8-12-7-11(3)5-6-14(12)16/h5-7,10,13,15H,8-9H2,1-4H3. The van der Waals surface area contributed by atoms with Crippen molar-refractivity contribution in [2.75, 3.05) is 18.5 Å². The summed E-state index contributed by atoms with van der Waals surface area (Å²) < 4.78 is 0. The van der Waals surface area contributed by atoms with Gasteiger partial charge >= 0.3 is 0 Å². The van der Waals surface area contributed by atoms with Gasteiger partial charge in [0, 0.05) is 24.3 Å². The molecule has 1 unspecified atom stereocenters. The van der Waals surface area contributed by atoms with E-state index in [1.807, 2.05) is 7.05 Å². The first-order chi connectivity index (χ1) is 7.63. The molecule has 2 heteroatoms. The Morgan fingerprint density at radius 3 is 2.81 bits per heavy atom. The molecule has 88 valence electrons. The molecule has 0 bridgehead atoms. The molecule has 1 aliphatic rings. The van der Waals surface area contributed by atoms with Crippen LogP contribution < -0.4 is 10.2 Å². The first kappa shape index (κ1) is 11.5. The summed E-state index contributed by atoms with van der Waals surface area (Å²) in [6, 6.07) is 8.01. The van der Waals surface area contributed by atoms with E-state index in [9.17, 15) is 0 Å². The van der Waals surface area contributed by atoms with Crippen LogP contribution in [0.3, 0.4) is 0 Å². The van der Waals surface area contributed by atoms with E-state index in [4.69, 9.17) is 0 Å². The summed E-state index contributed by atoms with van der Waals surface area (Å²) in [6.45, 7) is 7.78. The molecule has 0 aliphatic carbocycles. The maximum Gasteiger partial charge on any atom is 0.0458 e. The predicted molar refractivity (Wildman–Crippen MR) is 70.2 cm³/mol. The zero-order valence-electron chi connectivity index (χ0n) is 10.7. The van der Waals surface area contributed by atoms with Gasteiger partial charge in [-0.25, -0.2) is 0 Å². The zero-order valence-corrected chi connectivity index (χ0v) is 10.7. The molecule has 1 atom stereocenters. The molecule has 0 saturated carbocycles. The molecular weight excluding hydrogens is 196 g/mol. The molecule has 0 radical (unpaired) electrons. The number of benzene rings is 1. The van der Waals surface area contributed by atoms with Crippen molar-refractivity contribution in [1.82, 2.24) is 5.32 Å². The van der Waals surface area contributed by atoms with E-state index < -0.39 is 0 Å². The molecule has 1 N–H and O–H groups in total.